The van der Waals surface area contributed by atoms with Crippen LogP contribution in [0.3, 0.4) is 0 Å². The largest absolute Gasteiger partial charge is 1.00 e. The fourth-order valence-corrected chi connectivity index (χ4v) is 0.898. The van der Waals surface area contributed by atoms with Crippen molar-refractivity contribution in [1.82, 2.24) is 0 Å². The third-order valence-electron chi connectivity index (χ3n) is 1.24. The molecule has 1 aromatic rings. The molecule has 1 nitrogen and oxygen atoms in total. The number of ketones is 1. The number of benzene rings is 1. The molecule has 1 rings (SSSR count). The maximum Gasteiger partial charge on any atom is 1.00 e. The lowest BCUT2D eigenvalue weighted by Crippen LogP contribution is -2.02. The first-order valence-corrected chi connectivity index (χ1v) is 4.54. The Kier molecular flexibility index (Phi) is 6.08. The van der Waals surface area contributed by atoms with E-state index < -0.39 is 7.25 Å². The van der Waals surface area contributed by atoms with E-state index in [4.69, 9.17) is 0 Å². The van der Waals surface area contributed by atoms with Gasteiger partial charge in [0.05, 0.1) is 5.75 Å². The van der Waals surface area contributed by atoms with E-state index >= 15 is 0 Å². The quantitative estimate of drug-likeness (QED) is 0.363. The predicted octanol–water partition coefficient (Wildman–Crippen LogP) is 3.21. The molecule has 15 heavy (non-hydrogen) atoms. The lowest BCUT2D eigenvalue weighted by Gasteiger charge is -1.94. The highest BCUT2D eigenvalue weighted by molar-refractivity contribution is 7.81. The fraction of sp³-hybridized carbons (Fsp3) is 0.125. The second kappa shape index (κ2) is 6.50. The molecule has 0 unspecified atom stereocenters. The van der Waals surface area contributed by atoms with Gasteiger partial charge in [-0.1, -0.05) is 30.3 Å². The molecule has 0 saturated heterocycles. The van der Waals surface area contributed by atoms with Crippen molar-refractivity contribution >= 4 is 25.7 Å². The Labute approximate surface area is 91.5 Å². The number of thiol groups is 1. The van der Waals surface area contributed by atoms with Crippen LogP contribution in [0.1, 0.15) is 11.8 Å². The number of carbonyl (C=O) groups excluding carboxylic acids is 1. The normalized spacial score (nSPS) is 10.2. The molecule has 0 amide bonds. The Hall–Kier alpha value is -0.975. The Morgan fingerprint density at radius 1 is 1.20 bits per heavy atom. The van der Waals surface area contributed by atoms with Gasteiger partial charge in [0, 0.05) is 5.56 Å². The van der Waals surface area contributed by atoms with Crippen LogP contribution in [0.4, 0.5) is 17.3 Å². The summed E-state index contributed by atoms with van der Waals surface area (Å²) in [5.74, 6) is 0.355. The Morgan fingerprint density at radius 3 is 1.93 bits per heavy atom. The summed E-state index contributed by atoms with van der Waals surface area (Å²) >= 11 is 3.88. The van der Waals surface area contributed by atoms with Gasteiger partial charge in [-0.3, -0.25) is 4.79 Å². The lowest BCUT2D eigenvalue weighted by atomic mass is 10.2. The summed E-state index contributed by atoms with van der Waals surface area (Å²) in [6.45, 7) is 0. The molecule has 0 N–H and O–H groups in total. The van der Waals surface area contributed by atoms with E-state index in [9.17, 15) is 22.1 Å². The van der Waals surface area contributed by atoms with Crippen molar-refractivity contribution < 1.29 is 23.5 Å². The van der Waals surface area contributed by atoms with E-state index in [1.54, 1.807) is 12.1 Å². The van der Waals surface area contributed by atoms with Gasteiger partial charge in [-0.2, -0.15) is 12.6 Å². The van der Waals surface area contributed by atoms with Crippen LogP contribution < -0.4 is 0 Å². The molecule has 0 fully saturated rings. The summed E-state index contributed by atoms with van der Waals surface area (Å²) in [5.41, 5.74) is 0.734. The molecular weight excluding hydrogens is 231 g/mol. The van der Waals surface area contributed by atoms with Crippen LogP contribution >= 0.6 is 12.6 Å². The summed E-state index contributed by atoms with van der Waals surface area (Å²) in [6, 6.07) is 9.15. The van der Waals surface area contributed by atoms with E-state index in [0.29, 0.717) is 0 Å². The van der Waals surface area contributed by atoms with Gasteiger partial charge in [-0.05, 0) is 0 Å². The van der Waals surface area contributed by atoms with Crippen LogP contribution in [0.25, 0.3) is 0 Å². The fourth-order valence-electron chi connectivity index (χ4n) is 0.715. The Bertz CT molecular complexity index is 301. The number of Topliss-reactive ketones (excluding diaryl/α,β-unsaturated/α-hetero) is 1. The molecule has 1 aromatic carbocycles. The van der Waals surface area contributed by atoms with Crippen LogP contribution in [0, 0.1) is 0 Å². The van der Waals surface area contributed by atoms with E-state index in [1.807, 2.05) is 18.2 Å². The van der Waals surface area contributed by atoms with E-state index in [1.165, 1.54) is 0 Å². The third kappa shape index (κ3) is 9.33. The minimum absolute atomic E-state index is 0. The minimum atomic E-state index is -6.00. The van der Waals surface area contributed by atoms with Crippen LogP contribution in [0.5, 0.6) is 0 Å². The maximum absolute atomic E-state index is 10.9. The predicted molar refractivity (Wildman–Crippen MR) is 55.9 cm³/mol. The zero-order valence-corrected chi connectivity index (χ0v) is 8.43. The number of hydrogen-bond acceptors (Lipinski definition) is 2. The molecular formula is C8H9BF4OS. The van der Waals surface area contributed by atoms with E-state index in [2.05, 4.69) is 12.6 Å². The van der Waals surface area contributed by atoms with Gasteiger partial charge < -0.3 is 17.3 Å². The molecule has 7 heteroatoms. The minimum Gasteiger partial charge on any atom is -0.418 e. The summed E-state index contributed by atoms with van der Waals surface area (Å²) in [5, 5.41) is 0. The van der Waals surface area contributed by atoms with Gasteiger partial charge >= 0.3 is 8.68 Å². The van der Waals surface area contributed by atoms with Gasteiger partial charge in [0.15, 0.2) is 5.78 Å². The highest BCUT2D eigenvalue weighted by Gasteiger charge is 2.20. The maximum atomic E-state index is 10.9. The molecule has 84 valence electrons. The topological polar surface area (TPSA) is 17.1 Å². The van der Waals surface area contributed by atoms with Crippen molar-refractivity contribution in [1.29, 1.82) is 0 Å². The van der Waals surface area contributed by atoms with Crippen LogP contribution in [-0.2, 0) is 0 Å². The van der Waals surface area contributed by atoms with Crippen LogP contribution in [0.15, 0.2) is 30.3 Å². The van der Waals surface area contributed by atoms with Crippen molar-refractivity contribution in [3.8, 4) is 0 Å². The van der Waals surface area contributed by atoms with Gasteiger partial charge in [-0.15, -0.1) is 0 Å². The summed E-state index contributed by atoms with van der Waals surface area (Å²) < 4.78 is 39.0. The smallest absolute Gasteiger partial charge is 0.418 e. The number of rotatable bonds is 2. The van der Waals surface area contributed by atoms with Crippen molar-refractivity contribution in [3.63, 3.8) is 0 Å². The first kappa shape index (κ1) is 14.0. The average molecular weight is 240 g/mol. The zero-order chi connectivity index (χ0) is 11.9. The van der Waals surface area contributed by atoms with Crippen LogP contribution in [0.2, 0.25) is 0 Å². The number of hydrogen-bond donors (Lipinski definition) is 1. The monoisotopic (exact) mass is 240 g/mol. The highest BCUT2D eigenvalue weighted by Crippen LogP contribution is 2.06. The van der Waals surface area contributed by atoms with Gasteiger partial charge in [0.25, 0.3) is 0 Å². The van der Waals surface area contributed by atoms with E-state index in [0.717, 1.165) is 5.56 Å². The first-order valence-electron chi connectivity index (χ1n) is 3.91. The summed E-state index contributed by atoms with van der Waals surface area (Å²) in [6.07, 6.45) is 0. The van der Waals surface area contributed by atoms with E-state index in [-0.39, 0.29) is 13.0 Å². The first-order chi connectivity index (χ1) is 6.84. The molecule has 0 aliphatic carbocycles. The molecule has 0 heterocycles. The lowest BCUT2D eigenvalue weighted by molar-refractivity contribution is 0.102. The van der Waals surface area contributed by atoms with Crippen molar-refractivity contribution in [2.24, 2.45) is 0 Å². The number of halogens is 4. The second-order valence-corrected chi connectivity index (χ2v) is 2.76. The Balaban J connectivity index is 0. The van der Waals surface area contributed by atoms with Crippen LogP contribution in [-0.4, -0.2) is 18.8 Å². The molecule has 0 aliphatic rings. The highest BCUT2D eigenvalue weighted by atomic mass is 32.1. The SMILES string of the molecule is F[B-](F)(F)F.O=C(CS)c1ccccc1.[H+]. The zero-order valence-electron chi connectivity index (χ0n) is 8.54. The average Bonchev–Trinajstić information content (AvgIpc) is 2.15. The standard InChI is InChI=1S/C8H8OS.BF4/c9-8(6-10)7-4-2-1-3-5-7;2-1(3,4)5/h1-5,10H,6H2;/q;-1/p+1. The Morgan fingerprint density at radius 2 is 1.60 bits per heavy atom. The molecule has 0 aliphatic heterocycles. The van der Waals surface area contributed by atoms with Gasteiger partial charge in [-0.25, -0.2) is 0 Å². The summed E-state index contributed by atoms with van der Waals surface area (Å²) in [7, 11) is -6.00. The second-order valence-electron chi connectivity index (χ2n) is 2.44. The molecule has 0 saturated carbocycles. The van der Waals surface area contributed by atoms with Gasteiger partial charge in [0.1, 0.15) is 0 Å². The summed E-state index contributed by atoms with van der Waals surface area (Å²) in [4.78, 5) is 10.9. The molecule has 0 spiro atoms. The molecule has 0 aromatic heterocycles. The molecule has 0 radical (unpaired) electrons. The van der Waals surface area contributed by atoms with Crippen molar-refractivity contribution in [2.45, 2.75) is 0 Å². The van der Waals surface area contributed by atoms with Crippen molar-refractivity contribution in [3.05, 3.63) is 35.9 Å². The van der Waals surface area contributed by atoms with Crippen molar-refractivity contribution in [2.75, 3.05) is 5.75 Å². The molecule has 0 atom stereocenters. The number of carbonyl (C=O) groups is 1. The third-order valence-corrected chi connectivity index (χ3v) is 1.53. The van der Waals surface area contributed by atoms with Gasteiger partial charge in [0.2, 0.25) is 0 Å². The molecule has 0 bridgehead atoms.